The molecule has 1 saturated heterocycles. The molecule has 1 aromatic carbocycles. The van der Waals surface area contributed by atoms with Crippen LogP contribution in [-0.2, 0) is 17.8 Å². The number of nitrogens with zero attached hydrogens (tertiary/aromatic N) is 2. The Kier molecular flexibility index (Phi) is 7.84. The van der Waals surface area contributed by atoms with Crippen LogP contribution in [0.3, 0.4) is 0 Å². The van der Waals surface area contributed by atoms with E-state index in [-0.39, 0.29) is 5.91 Å². The van der Waals surface area contributed by atoms with Gasteiger partial charge in [-0.3, -0.25) is 14.7 Å². The van der Waals surface area contributed by atoms with Crippen LogP contribution in [0, 0.1) is 0 Å². The van der Waals surface area contributed by atoms with Crippen LogP contribution in [0.5, 0.6) is 0 Å². The molecular weight excluding hydrogens is 402 g/mol. The van der Waals surface area contributed by atoms with Gasteiger partial charge >= 0.3 is 0 Å². The molecule has 1 aliphatic rings. The smallest absolute Gasteiger partial charge is 0.220 e. The van der Waals surface area contributed by atoms with Crippen molar-refractivity contribution in [2.75, 3.05) is 13.1 Å². The second-order valence-electron chi connectivity index (χ2n) is 7.27. The van der Waals surface area contributed by atoms with E-state index >= 15 is 0 Å². The molecule has 1 aliphatic heterocycles. The summed E-state index contributed by atoms with van der Waals surface area (Å²) in [6.45, 7) is 2.94. The van der Waals surface area contributed by atoms with Crippen molar-refractivity contribution in [2.45, 2.75) is 51.1 Å². The maximum absolute atomic E-state index is 12.2. The van der Waals surface area contributed by atoms with Crippen molar-refractivity contribution >= 4 is 21.8 Å². The maximum Gasteiger partial charge on any atom is 0.220 e. The number of carbonyl (C=O) groups is 1. The minimum atomic E-state index is 0.203. The first-order valence-electron chi connectivity index (χ1n) is 9.85. The second kappa shape index (κ2) is 10.6. The lowest BCUT2D eigenvalue weighted by atomic mass is 10.0. The van der Waals surface area contributed by atoms with Crippen LogP contribution in [0.15, 0.2) is 53.1 Å². The van der Waals surface area contributed by atoms with Gasteiger partial charge in [-0.2, -0.15) is 0 Å². The molecule has 2 aromatic rings. The van der Waals surface area contributed by atoms with E-state index in [9.17, 15) is 4.79 Å². The Balaban J connectivity index is 1.28. The number of likely N-dealkylation sites (tertiary alicyclic amines) is 1. The molecule has 5 heteroatoms. The summed E-state index contributed by atoms with van der Waals surface area (Å²) in [5.41, 5.74) is 2.45. The largest absolute Gasteiger partial charge is 0.353 e. The third-order valence-electron chi connectivity index (χ3n) is 5.10. The first kappa shape index (κ1) is 20.0. The normalized spacial score (nSPS) is 15.6. The lowest BCUT2D eigenvalue weighted by Crippen LogP contribution is -2.44. The summed E-state index contributed by atoms with van der Waals surface area (Å²) in [5, 5.41) is 3.22. The molecule has 0 aliphatic carbocycles. The number of carbonyl (C=O) groups excluding carboxylic acids is 1. The summed E-state index contributed by atoms with van der Waals surface area (Å²) in [6, 6.07) is 14.8. The monoisotopic (exact) mass is 429 g/mol. The van der Waals surface area contributed by atoms with Crippen LogP contribution in [0.1, 0.15) is 43.4 Å². The van der Waals surface area contributed by atoms with E-state index in [1.807, 2.05) is 18.3 Å². The van der Waals surface area contributed by atoms with Gasteiger partial charge < -0.3 is 5.32 Å². The van der Waals surface area contributed by atoms with Crippen molar-refractivity contribution in [3.05, 3.63) is 64.4 Å². The first-order chi connectivity index (χ1) is 13.2. The fourth-order valence-corrected chi connectivity index (χ4v) is 3.79. The van der Waals surface area contributed by atoms with Crippen molar-refractivity contribution in [2.24, 2.45) is 0 Å². The molecule has 4 nitrogen and oxygen atoms in total. The average molecular weight is 430 g/mol. The third kappa shape index (κ3) is 7.07. The quantitative estimate of drug-likeness (QED) is 0.634. The topological polar surface area (TPSA) is 45.2 Å². The number of hydrogen-bond acceptors (Lipinski definition) is 3. The van der Waals surface area contributed by atoms with E-state index in [4.69, 9.17) is 0 Å². The van der Waals surface area contributed by atoms with E-state index in [1.165, 1.54) is 5.56 Å². The van der Waals surface area contributed by atoms with E-state index in [0.29, 0.717) is 12.5 Å². The Morgan fingerprint density at radius 1 is 1.11 bits per heavy atom. The van der Waals surface area contributed by atoms with E-state index in [2.05, 4.69) is 61.5 Å². The summed E-state index contributed by atoms with van der Waals surface area (Å²) in [6.07, 6.45) is 7.56. The lowest BCUT2D eigenvalue weighted by molar-refractivity contribution is -0.122. The van der Waals surface area contributed by atoms with Crippen LogP contribution >= 0.6 is 15.9 Å². The number of rotatable bonds is 8. The highest BCUT2D eigenvalue weighted by atomic mass is 79.9. The number of unbranched alkanes of at least 4 members (excludes halogenated alkanes) is 1. The van der Waals surface area contributed by atoms with Gasteiger partial charge in [0.2, 0.25) is 5.91 Å². The minimum absolute atomic E-state index is 0.203. The van der Waals surface area contributed by atoms with Crippen molar-refractivity contribution in [3.63, 3.8) is 0 Å². The standard InChI is InChI=1S/C22H28BrN3O/c23-19-10-8-18(9-11-19)5-1-2-7-22(27)25-20-12-15-26(16-13-20)17-21-6-3-4-14-24-21/h3-4,6,8-11,14,20H,1-2,5,7,12-13,15-17H2,(H,25,27). The van der Waals surface area contributed by atoms with Crippen LogP contribution in [-0.4, -0.2) is 34.9 Å². The Morgan fingerprint density at radius 2 is 1.89 bits per heavy atom. The number of benzene rings is 1. The van der Waals surface area contributed by atoms with Gasteiger partial charge in [-0.05, 0) is 61.9 Å². The predicted octanol–water partition coefficient (Wildman–Crippen LogP) is 4.34. The molecule has 3 rings (SSSR count). The van der Waals surface area contributed by atoms with Crippen molar-refractivity contribution in [3.8, 4) is 0 Å². The van der Waals surface area contributed by atoms with Crippen LogP contribution in [0.4, 0.5) is 0 Å². The average Bonchev–Trinajstić information content (AvgIpc) is 2.69. The number of aromatic nitrogens is 1. The molecule has 0 saturated carbocycles. The zero-order chi connectivity index (χ0) is 18.9. The summed E-state index contributed by atoms with van der Waals surface area (Å²) in [7, 11) is 0. The van der Waals surface area contributed by atoms with E-state index in [0.717, 1.165) is 61.9 Å². The molecule has 144 valence electrons. The van der Waals surface area contributed by atoms with Gasteiger partial charge in [0.1, 0.15) is 0 Å². The van der Waals surface area contributed by atoms with Gasteiger partial charge in [-0.25, -0.2) is 0 Å². The Bertz CT molecular complexity index is 697. The molecule has 1 aromatic heterocycles. The van der Waals surface area contributed by atoms with Crippen LogP contribution in [0.2, 0.25) is 0 Å². The number of nitrogens with one attached hydrogen (secondary N) is 1. The SMILES string of the molecule is O=C(CCCCc1ccc(Br)cc1)NC1CCN(Cc2ccccn2)CC1. The molecule has 1 fully saturated rings. The molecule has 1 N–H and O–H groups in total. The number of halogens is 1. The molecule has 27 heavy (non-hydrogen) atoms. The number of amides is 1. The number of piperidine rings is 1. The highest BCUT2D eigenvalue weighted by molar-refractivity contribution is 9.10. The van der Waals surface area contributed by atoms with Crippen molar-refractivity contribution in [1.82, 2.24) is 15.2 Å². The van der Waals surface area contributed by atoms with Gasteiger partial charge in [-0.1, -0.05) is 34.1 Å². The fraction of sp³-hybridized carbons (Fsp3) is 0.455. The summed E-state index contributed by atoms with van der Waals surface area (Å²) >= 11 is 3.45. The maximum atomic E-state index is 12.2. The van der Waals surface area contributed by atoms with Crippen molar-refractivity contribution in [1.29, 1.82) is 0 Å². The molecule has 1 amide bonds. The van der Waals surface area contributed by atoms with E-state index in [1.54, 1.807) is 0 Å². The Hall–Kier alpha value is -1.72. The number of hydrogen-bond donors (Lipinski definition) is 1. The van der Waals surface area contributed by atoms with Crippen LogP contribution in [0.25, 0.3) is 0 Å². The van der Waals surface area contributed by atoms with Gasteiger partial charge in [-0.15, -0.1) is 0 Å². The molecule has 0 atom stereocenters. The summed E-state index contributed by atoms with van der Waals surface area (Å²) in [4.78, 5) is 19.0. The summed E-state index contributed by atoms with van der Waals surface area (Å²) < 4.78 is 1.11. The zero-order valence-electron chi connectivity index (χ0n) is 15.7. The highest BCUT2D eigenvalue weighted by Crippen LogP contribution is 2.15. The van der Waals surface area contributed by atoms with Gasteiger partial charge in [0.15, 0.2) is 0 Å². The molecular formula is C22H28BrN3O. The van der Waals surface area contributed by atoms with Gasteiger partial charge in [0.25, 0.3) is 0 Å². The highest BCUT2D eigenvalue weighted by Gasteiger charge is 2.20. The first-order valence-corrected chi connectivity index (χ1v) is 10.6. The van der Waals surface area contributed by atoms with Gasteiger partial charge in [0.05, 0.1) is 5.69 Å². The Labute approximate surface area is 170 Å². The molecule has 0 unspecified atom stereocenters. The zero-order valence-corrected chi connectivity index (χ0v) is 17.3. The third-order valence-corrected chi connectivity index (χ3v) is 5.63. The van der Waals surface area contributed by atoms with E-state index < -0.39 is 0 Å². The van der Waals surface area contributed by atoms with Gasteiger partial charge in [0, 0.05) is 42.8 Å². The number of pyridine rings is 1. The molecule has 0 spiro atoms. The molecule has 0 bridgehead atoms. The van der Waals surface area contributed by atoms with Crippen LogP contribution < -0.4 is 5.32 Å². The fourth-order valence-electron chi connectivity index (χ4n) is 3.52. The Morgan fingerprint density at radius 3 is 2.59 bits per heavy atom. The number of aryl methyl sites for hydroxylation is 1. The molecule has 2 heterocycles. The van der Waals surface area contributed by atoms with Crippen molar-refractivity contribution < 1.29 is 4.79 Å². The second-order valence-corrected chi connectivity index (χ2v) is 8.19. The molecule has 0 radical (unpaired) electrons. The lowest BCUT2D eigenvalue weighted by Gasteiger charge is -2.32. The predicted molar refractivity (Wildman–Crippen MR) is 112 cm³/mol. The minimum Gasteiger partial charge on any atom is -0.353 e. The summed E-state index contributed by atoms with van der Waals surface area (Å²) in [5.74, 6) is 0.203.